The molecule has 1 atom stereocenters. The third kappa shape index (κ3) is 3.31. The second-order valence-corrected chi connectivity index (χ2v) is 7.58. The van der Waals surface area contributed by atoms with Crippen molar-refractivity contribution in [3.63, 3.8) is 0 Å². The number of hydrogen-bond donors (Lipinski definition) is 0. The lowest BCUT2D eigenvalue weighted by atomic mass is 10.00. The van der Waals surface area contributed by atoms with Crippen LogP contribution in [0.3, 0.4) is 0 Å². The third-order valence-electron chi connectivity index (χ3n) is 5.19. The van der Waals surface area contributed by atoms with E-state index in [0.717, 1.165) is 44.6 Å². The van der Waals surface area contributed by atoms with E-state index < -0.39 is 0 Å². The Kier molecular flexibility index (Phi) is 4.76. The van der Waals surface area contributed by atoms with Crippen LogP contribution >= 0.6 is 23.2 Å². The van der Waals surface area contributed by atoms with E-state index in [0.29, 0.717) is 16.6 Å². The van der Waals surface area contributed by atoms with E-state index in [9.17, 15) is 4.79 Å². The summed E-state index contributed by atoms with van der Waals surface area (Å²) in [5.41, 5.74) is 2.27. The molecule has 1 aromatic carbocycles. The van der Waals surface area contributed by atoms with E-state index in [2.05, 4.69) is 27.8 Å². The van der Waals surface area contributed by atoms with Gasteiger partial charge in [0, 0.05) is 38.1 Å². The summed E-state index contributed by atoms with van der Waals surface area (Å²) in [5.74, 6) is 0.225. The molecule has 1 saturated heterocycles. The SMILES string of the molecule is O=C(CN1CCn2cccc2C1c1ccc(Cl)c(Cl)c1)N1CCCC1. The minimum atomic E-state index is 0.0186. The van der Waals surface area contributed by atoms with Crippen molar-refractivity contribution >= 4 is 29.1 Å². The highest BCUT2D eigenvalue weighted by atomic mass is 35.5. The molecule has 0 radical (unpaired) electrons. The number of likely N-dealkylation sites (tertiary alicyclic amines) is 1. The van der Waals surface area contributed by atoms with Gasteiger partial charge in [0.25, 0.3) is 0 Å². The molecule has 1 amide bonds. The Morgan fingerprint density at radius 2 is 1.84 bits per heavy atom. The molecule has 1 unspecified atom stereocenters. The standard InChI is InChI=1S/C19H21Cl2N3O/c20-15-6-5-14(12-16(15)21)19-17-4-3-9-22(17)10-11-24(19)13-18(25)23-7-1-2-8-23/h3-6,9,12,19H,1-2,7-8,10-11,13H2. The number of hydrogen-bond acceptors (Lipinski definition) is 2. The topological polar surface area (TPSA) is 28.5 Å². The van der Waals surface area contributed by atoms with E-state index in [1.165, 1.54) is 5.69 Å². The fourth-order valence-electron chi connectivity index (χ4n) is 3.91. The van der Waals surface area contributed by atoms with E-state index in [-0.39, 0.29) is 11.9 Å². The van der Waals surface area contributed by atoms with E-state index in [1.807, 2.05) is 23.1 Å². The number of rotatable bonds is 3. The van der Waals surface area contributed by atoms with Gasteiger partial charge >= 0.3 is 0 Å². The van der Waals surface area contributed by atoms with Crippen molar-refractivity contribution < 1.29 is 4.79 Å². The van der Waals surface area contributed by atoms with Crippen LogP contribution in [0.15, 0.2) is 36.5 Å². The number of fused-ring (bicyclic) bond motifs is 1. The normalized spacial score (nSPS) is 20.7. The molecule has 2 aliphatic rings. The zero-order valence-corrected chi connectivity index (χ0v) is 15.5. The van der Waals surface area contributed by atoms with Gasteiger partial charge in [0.2, 0.25) is 5.91 Å². The Hall–Kier alpha value is -1.49. The van der Waals surface area contributed by atoms with Gasteiger partial charge in [-0.1, -0.05) is 29.3 Å². The molecule has 4 rings (SSSR count). The Morgan fingerprint density at radius 1 is 1.04 bits per heavy atom. The van der Waals surface area contributed by atoms with Crippen LogP contribution in [0.1, 0.15) is 30.1 Å². The van der Waals surface area contributed by atoms with Gasteiger partial charge in [0.05, 0.1) is 22.6 Å². The minimum absolute atomic E-state index is 0.0186. The zero-order chi connectivity index (χ0) is 17.4. The fourth-order valence-corrected chi connectivity index (χ4v) is 4.21. The molecule has 2 aliphatic heterocycles. The van der Waals surface area contributed by atoms with Crippen molar-refractivity contribution in [1.82, 2.24) is 14.4 Å². The van der Waals surface area contributed by atoms with Crippen molar-refractivity contribution in [2.45, 2.75) is 25.4 Å². The van der Waals surface area contributed by atoms with E-state index in [1.54, 1.807) is 0 Å². The monoisotopic (exact) mass is 377 g/mol. The van der Waals surface area contributed by atoms with Gasteiger partial charge in [-0.3, -0.25) is 9.69 Å². The maximum Gasteiger partial charge on any atom is 0.236 e. The fraction of sp³-hybridized carbons (Fsp3) is 0.421. The van der Waals surface area contributed by atoms with Gasteiger partial charge in [-0.2, -0.15) is 0 Å². The lowest BCUT2D eigenvalue weighted by Gasteiger charge is -2.37. The smallest absolute Gasteiger partial charge is 0.236 e. The van der Waals surface area contributed by atoms with Gasteiger partial charge in [0.15, 0.2) is 0 Å². The van der Waals surface area contributed by atoms with Gasteiger partial charge < -0.3 is 9.47 Å². The second kappa shape index (κ2) is 7.02. The number of aromatic nitrogens is 1. The van der Waals surface area contributed by atoms with Crippen molar-refractivity contribution in [2.75, 3.05) is 26.2 Å². The van der Waals surface area contributed by atoms with Gasteiger partial charge in [-0.25, -0.2) is 0 Å². The molecule has 1 fully saturated rings. The number of amides is 1. The largest absolute Gasteiger partial charge is 0.348 e. The van der Waals surface area contributed by atoms with Crippen LogP contribution in [0.2, 0.25) is 10.0 Å². The molecule has 4 nitrogen and oxygen atoms in total. The Balaban J connectivity index is 1.65. The van der Waals surface area contributed by atoms with Crippen molar-refractivity contribution in [1.29, 1.82) is 0 Å². The summed E-state index contributed by atoms with van der Waals surface area (Å²) >= 11 is 12.4. The van der Waals surface area contributed by atoms with Gasteiger partial charge in [-0.15, -0.1) is 0 Å². The van der Waals surface area contributed by atoms with Crippen LogP contribution in [0, 0.1) is 0 Å². The van der Waals surface area contributed by atoms with E-state index >= 15 is 0 Å². The Labute approximate surface area is 157 Å². The molecule has 132 valence electrons. The number of halogens is 2. The lowest BCUT2D eigenvalue weighted by Crippen LogP contribution is -2.45. The number of carbonyl (C=O) groups is 1. The van der Waals surface area contributed by atoms with Crippen LogP contribution in [0.5, 0.6) is 0 Å². The van der Waals surface area contributed by atoms with Gasteiger partial charge in [-0.05, 0) is 42.7 Å². The molecule has 0 saturated carbocycles. The summed E-state index contributed by atoms with van der Waals surface area (Å²) in [7, 11) is 0. The lowest BCUT2D eigenvalue weighted by molar-refractivity contribution is -0.132. The van der Waals surface area contributed by atoms with Crippen molar-refractivity contribution in [3.05, 3.63) is 57.8 Å². The van der Waals surface area contributed by atoms with Crippen molar-refractivity contribution in [3.8, 4) is 0 Å². The predicted octanol–water partition coefficient (Wildman–Crippen LogP) is 3.82. The molecular weight excluding hydrogens is 357 g/mol. The molecule has 1 aromatic heterocycles. The maximum absolute atomic E-state index is 12.7. The average Bonchev–Trinajstić information content (AvgIpc) is 3.28. The summed E-state index contributed by atoms with van der Waals surface area (Å²) in [4.78, 5) is 16.9. The quantitative estimate of drug-likeness (QED) is 0.813. The number of nitrogens with zero attached hydrogens (tertiary/aromatic N) is 3. The first-order chi connectivity index (χ1) is 12.1. The molecule has 0 spiro atoms. The highest BCUT2D eigenvalue weighted by Crippen LogP contribution is 2.35. The number of carbonyl (C=O) groups excluding carboxylic acids is 1. The van der Waals surface area contributed by atoms with Crippen LogP contribution in [0.4, 0.5) is 0 Å². The predicted molar refractivity (Wildman–Crippen MR) is 100 cm³/mol. The number of benzene rings is 1. The summed E-state index contributed by atoms with van der Waals surface area (Å²) in [6, 6.07) is 9.97. The molecular formula is C19H21Cl2N3O. The summed E-state index contributed by atoms with van der Waals surface area (Å²) in [5, 5.41) is 1.10. The average molecular weight is 378 g/mol. The first kappa shape index (κ1) is 17.0. The van der Waals surface area contributed by atoms with Crippen LogP contribution in [0.25, 0.3) is 0 Å². The minimum Gasteiger partial charge on any atom is -0.348 e. The highest BCUT2D eigenvalue weighted by molar-refractivity contribution is 6.42. The summed E-state index contributed by atoms with van der Waals surface area (Å²) in [6.07, 6.45) is 4.33. The summed E-state index contributed by atoms with van der Waals surface area (Å²) in [6.45, 7) is 3.96. The molecule has 0 N–H and O–H groups in total. The molecule has 2 aromatic rings. The van der Waals surface area contributed by atoms with Crippen LogP contribution in [-0.2, 0) is 11.3 Å². The maximum atomic E-state index is 12.7. The molecule has 0 aliphatic carbocycles. The zero-order valence-electron chi connectivity index (χ0n) is 14.0. The third-order valence-corrected chi connectivity index (χ3v) is 5.93. The highest BCUT2D eigenvalue weighted by Gasteiger charge is 2.31. The second-order valence-electron chi connectivity index (χ2n) is 6.76. The van der Waals surface area contributed by atoms with Crippen LogP contribution < -0.4 is 0 Å². The first-order valence-electron chi connectivity index (χ1n) is 8.75. The molecule has 6 heteroatoms. The Bertz CT molecular complexity index is 783. The Morgan fingerprint density at radius 3 is 2.60 bits per heavy atom. The van der Waals surface area contributed by atoms with Crippen LogP contribution in [-0.4, -0.2) is 46.5 Å². The van der Waals surface area contributed by atoms with Gasteiger partial charge in [0.1, 0.15) is 0 Å². The van der Waals surface area contributed by atoms with Crippen molar-refractivity contribution in [2.24, 2.45) is 0 Å². The first-order valence-corrected chi connectivity index (χ1v) is 9.51. The molecule has 25 heavy (non-hydrogen) atoms. The molecule has 3 heterocycles. The molecule has 0 bridgehead atoms. The van der Waals surface area contributed by atoms with E-state index in [4.69, 9.17) is 23.2 Å². The summed E-state index contributed by atoms with van der Waals surface area (Å²) < 4.78 is 2.25.